The fraction of sp³-hybridized carbons (Fsp3) is 0.435. The van der Waals surface area contributed by atoms with E-state index in [0.29, 0.717) is 38.2 Å². The van der Waals surface area contributed by atoms with E-state index in [-0.39, 0.29) is 23.3 Å². The molecule has 30 heavy (non-hydrogen) atoms. The quantitative estimate of drug-likeness (QED) is 0.751. The van der Waals surface area contributed by atoms with Gasteiger partial charge in [0.15, 0.2) is 0 Å². The topological polar surface area (TPSA) is 66.9 Å². The number of sulfonamides is 1. The normalized spacial score (nSPS) is 19.9. The summed E-state index contributed by atoms with van der Waals surface area (Å²) in [6.07, 6.45) is 2.24. The van der Waals surface area contributed by atoms with Crippen LogP contribution in [0.2, 0.25) is 0 Å². The Morgan fingerprint density at radius 2 is 1.87 bits per heavy atom. The molecule has 160 valence electrons. The van der Waals surface area contributed by atoms with Gasteiger partial charge in [-0.2, -0.15) is 4.31 Å². The Kier molecular flexibility index (Phi) is 5.84. The van der Waals surface area contributed by atoms with Gasteiger partial charge in [0.25, 0.3) is 0 Å². The molecule has 0 radical (unpaired) electrons. The van der Waals surface area contributed by atoms with E-state index in [9.17, 15) is 13.2 Å². The first-order valence-electron chi connectivity index (χ1n) is 10.4. The van der Waals surface area contributed by atoms with Gasteiger partial charge in [-0.15, -0.1) is 0 Å². The summed E-state index contributed by atoms with van der Waals surface area (Å²) in [7, 11) is -2.26. The number of carbonyl (C=O) groups is 1. The first-order chi connectivity index (χ1) is 14.4. The van der Waals surface area contributed by atoms with E-state index in [4.69, 9.17) is 4.74 Å². The molecule has 0 N–H and O–H groups in total. The molecule has 0 aliphatic carbocycles. The number of hydrogen-bond acceptors (Lipinski definition) is 4. The van der Waals surface area contributed by atoms with Crippen LogP contribution in [-0.4, -0.2) is 50.3 Å². The van der Waals surface area contributed by atoms with Crippen LogP contribution in [0.3, 0.4) is 0 Å². The van der Waals surface area contributed by atoms with Crippen LogP contribution in [0.15, 0.2) is 47.4 Å². The van der Waals surface area contributed by atoms with E-state index >= 15 is 0 Å². The molecule has 2 aromatic carbocycles. The van der Waals surface area contributed by atoms with Crippen molar-refractivity contribution in [2.24, 2.45) is 5.92 Å². The average molecular weight is 429 g/mol. The number of hydrogen-bond donors (Lipinski definition) is 0. The molecule has 0 spiro atoms. The molecule has 2 heterocycles. The lowest BCUT2D eigenvalue weighted by molar-refractivity contribution is -0.137. The second-order valence-electron chi connectivity index (χ2n) is 8.14. The number of amides is 1. The molecule has 2 aromatic rings. The highest BCUT2D eigenvalue weighted by Gasteiger charge is 2.36. The minimum absolute atomic E-state index is 0.0561. The number of rotatable bonds is 4. The highest BCUT2D eigenvalue weighted by atomic mass is 32.2. The van der Waals surface area contributed by atoms with Crippen LogP contribution in [0.25, 0.3) is 0 Å². The number of fused-ring (bicyclic) bond motifs is 1. The highest BCUT2D eigenvalue weighted by molar-refractivity contribution is 7.89. The largest absolute Gasteiger partial charge is 0.495 e. The van der Waals surface area contributed by atoms with E-state index in [1.54, 1.807) is 12.1 Å². The van der Waals surface area contributed by atoms with Crippen molar-refractivity contribution in [3.8, 4) is 5.75 Å². The lowest BCUT2D eigenvalue weighted by atomic mass is 9.95. The third-order valence-corrected chi connectivity index (χ3v) is 8.00. The Labute approximate surface area is 178 Å². The van der Waals surface area contributed by atoms with Crippen molar-refractivity contribution in [2.75, 3.05) is 26.7 Å². The molecule has 2 aliphatic heterocycles. The van der Waals surface area contributed by atoms with Crippen molar-refractivity contribution in [2.45, 2.75) is 37.6 Å². The van der Waals surface area contributed by atoms with Crippen molar-refractivity contribution < 1.29 is 17.9 Å². The summed E-state index contributed by atoms with van der Waals surface area (Å²) in [6.45, 7) is 3.78. The number of aryl methyl sites for hydroxylation is 1. The Morgan fingerprint density at radius 1 is 1.10 bits per heavy atom. The predicted octanol–water partition coefficient (Wildman–Crippen LogP) is 2.99. The first-order valence-corrected chi connectivity index (χ1v) is 11.8. The molecule has 0 saturated carbocycles. The molecule has 0 bridgehead atoms. The highest BCUT2D eigenvalue weighted by Crippen LogP contribution is 2.31. The van der Waals surface area contributed by atoms with Crippen molar-refractivity contribution in [1.29, 1.82) is 0 Å². The maximum absolute atomic E-state index is 13.3. The molecular formula is C23H28N2O4S. The maximum Gasteiger partial charge on any atom is 0.246 e. The number of carbonyl (C=O) groups excluding carboxylic acids is 1. The standard InChI is InChI=1S/C23H28N2O4S/c1-17-9-10-21(29-2)22(14-17)30(27,28)25-12-5-8-20(16-25)23(26)24-13-11-18-6-3-4-7-19(18)15-24/h3-4,6-7,9-10,14,20H,5,8,11-13,15-16H2,1-2H3/t20-/m0/s1. The van der Waals surface area contributed by atoms with Gasteiger partial charge in [-0.05, 0) is 55.0 Å². The Hall–Kier alpha value is -2.38. The fourth-order valence-corrected chi connectivity index (χ4v) is 6.19. The van der Waals surface area contributed by atoms with Gasteiger partial charge in [-0.3, -0.25) is 4.79 Å². The summed E-state index contributed by atoms with van der Waals surface area (Å²) >= 11 is 0. The molecule has 2 aliphatic rings. The Balaban J connectivity index is 1.52. The molecule has 6 nitrogen and oxygen atoms in total. The summed E-state index contributed by atoms with van der Waals surface area (Å²) in [4.78, 5) is 15.3. The minimum atomic E-state index is -3.74. The number of ether oxygens (including phenoxy) is 1. The summed E-state index contributed by atoms with van der Waals surface area (Å²) in [5, 5.41) is 0. The molecular weight excluding hydrogens is 400 g/mol. The Bertz CT molecular complexity index is 1050. The van der Waals surface area contributed by atoms with E-state index in [2.05, 4.69) is 12.1 Å². The molecule has 0 aromatic heterocycles. The summed E-state index contributed by atoms with van der Waals surface area (Å²) < 4.78 is 33.4. The van der Waals surface area contributed by atoms with E-state index in [1.165, 1.54) is 22.5 Å². The molecule has 1 saturated heterocycles. The van der Waals surface area contributed by atoms with Crippen molar-refractivity contribution in [1.82, 2.24) is 9.21 Å². The van der Waals surface area contributed by atoms with Crippen molar-refractivity contribution >= 4 is 15.9 Å². The third-order valence-electron chi connectivity index (χ3n) is 6.11. The predicted molar refractivity (Wildman–Crippen MR) is 115 cm³/mol. The van der Waals surface area contributed by atoms with Crippen molar-refractivity contribution in [3.63, 3.8) is 0 Å². The van der Waals surface area contributed by atoms with Gasteiger partial charge in [-0.25, -0.2) is 8.42 Å². The van der Waals surface area contributed by atoms with Crippen molar-refractivity contribution in [3.05, 3.63) is 59.2 Å². The van der Waals surface area contributed by atoms with E-state index in [0.717, 1.165) is 12.0 Å². The van der Waals surface area contributed by atoms with Crippen LogP contribution in [0.1, 0.15) is 29.5 Å². The molecule has 1 atom stereocenters. The molecule has 1 fully saturated rings. The number of piperidine rings is 1. The van der Waals surface area contributed by atoms with Gasteiger partial charge in [0.05, 0.1) is 13.0 Å². The zero-order valence-corrected chi connectivity index (χ0v) is 18.3. The third kappa shape index (κ3) is 3.96. The van der Waals surface area contributed by atoms with Crippen LogP contribution >= 0.6 is 0 Å². The van der Waals surface area contributed by atoms with Crippen LogP contribution < -0.4 is 4.74 Å². The summed E-state index contributed by atoms with van der Waals surface area (Å²) in [6, 6.07) is 13.4. The minimum Gasteiger partial charge on any atom is -0.495 e. The fourth-order valence-electron chi connectivity index (χ4n) is 4.43. The SMILES string of the molecule is COc1ccc(C)cc1S(=O)(=O)N1CCC[C@H](C(=O)N2CCc3ccccc3C2)C1. The van der Waals surface area contributed by atoms with Gasteiger partial charge in [0.1, 0.15) is 10.6 Å². The monoisotopic (exact) mass is 428 g/mol. The molecule has 0 unspecified atom stereocenters. The average Bonchev–Trinajstić information content (AvgIpc) is 2.78. The zero-order valence-electron chi connectivity index (χ0n) is 17.5. The van der Waals surface area contributed by atoms with E-state index in [1.807, 2.05) is 30.0 Å². The van der Waals surface area contributed by atoms with Gasteiger partial charge in [-0.1, -0.05) is 30.3 Å². The lowest BCUT2D eigenvalue weighted by Gasteiger charge is -2.36. The van der Waals surface area contributed by atoms with Crippen LogP contribution in [0.4, 0.5) is 0 Å². The summed E-state index contributed by atoms with van der Waals surface area (Å²) in [5.41, 5.74) is 3.33. The van der Waals surface area contributed by atoms with Gasteiger partial charge >= 0.3 is 0 Å². The number of benzene rings is 2. The van der Waals surface area contributed by atoms with Gasteiger partial charge < -0.3 is 9.64 Å². The summed E-state index contributed by atoms with van der Waals surface area (Å²) in [5.74, 6) is 0.0805. The van der Waals surface area contributed by atoms with Gasteiger partial charge in [0, 0.05) is 26.2 Å². The number of nitrogens with zero attached hydrogens (tertiary/aromatic N) is 2. The smallest absolute Gasteiger partial charge is 0.246 e. The number of methoxy groups -OCH3 is 1. The molecule has 7 heteroatoms. The first kappa shape index (κ1) is 20.9. The van der Waals surface area contributed by atoms with Crippen LogP contribution in [-0.2, 0) is 27.8 Å². The molecule has 4 rings (SSSR count). The Morgan fingerprint density at radius 3 is 2.63 bits per heavy atom. The molecule has 1 amide bonds. The van der Waals surface area contributed by atoms with E-state index < -0.39 is 10.0 Å². The second kappa shape index (κ2) is 8.40. The maximum atomic E-state index is 13.3. The van der Waals surface area contributed by atoms with Crippen LogP contribution in [0.5, 0.6) is 5.75 Å². The zero-order chi connectivity index (χ0) is 21.3. The van der Waals surface area contributed by atoms with Crippen LogP contribution in [0, 0.1) is 12.8 Å². The lowest BCUT2D eigenvalue weighted by Crippen LogP contribution is -2.47. The van der Waals surface area contributed by atoms with Gasteiger partial charge in [0.2, 0.25) is 15.9 Å². The second-order valence-corrected chi connectivity index (χ2v) is 10.0.